The summed E-state index contributed by atoms with van der Waals surface area (Å²) < 4.78 is 5.41. The molecule has 3 atom stereocenters. The zero-order valence-corrected chi connectivity index (χ0v) is 23.0. The summed E-state index contributed by atoms with van der Waals surface area (Å²) in [5.41, 5.74) is 10.1. The Kier molecular flexibility index (Phi) is 10.7. The molecule has 0 spiro atoms. The van der Waals surface area contributed by atoms with Gasteiger partial charge in [0.1, 0.15) is 24.0 Å². The number of aldehydes is 1. The number of nitrogens with two attached hydrogens (primary N) is 2. The lowest BCUT2D eigenvalue weighted by Gasteiger charge is -2.38. The normalized spacial score (nSPS) is 18.1. The van der Waals surface area contributed by atoms with E-state index in [1.807, 2.05) is 44.2 Å². The van der Waals surface area contributed by atoms with Crippen LogP contribution in [0.5, 0.6) is 0 Å². The first-order valence-electron chi connectivity index (χ1n) is 12.9. The molecular weight excluding hydrogens is 488 g/mol. The number of hydrogen-bond acceptors (Lipinski definition) is 6. The number of hydrogen-bond donors (Lipinski definition) is 4. The molecular formula is C27H42N6O5. The molecule has 0 radical (unpaired) electrons. The van der Waals surface area contributed by atoms with Crippen LogP contribution in [0.3, 0.4) is 0 Å². The zero-order valence-electron chi connectivity index (χ0n) is 23.0. The Morgan fingerprint density at radius 1 is 1.18 bits per heavy atom. The SMILES string of the molecule is CC(C)(C)OC(=O)N[C@@H](Cc1ccccc1)C(=O)N1C(C(=O)N[C@H](C=O)CCCN=C(N)N)CCC1(C)C. The highest BCUT2D eigenvalue weighted by Crippen LogP contribution is 2.34. The van der Waals surface area contributed by atoms with E-state index in [2.05, 4.69) is 15.6 Å². The van der Waals surface area contributed by atoms with Crippen molar-refractivity contribution in [3.63, 3.8) is 0 Å². The van der Waals surface area contributed by atoms with E-state index in [-0.39, 0.29) is 12.4 Å². The highest BCUT2D eigenvalue weighted by atomic mass is 16.6. The number of nitrogens with zero attached hydrogens (tertiary/aromatic N) is 2. The molecule has 0 aliphatic carbocycles. The van der Waals surface area contributed by atoms with E-state index in [0.717, 1.165) is 5.56 Å². The third kappa shape index (κ3) is 9.35. The summed E-state index contributed by atoms with van der Waals surface area (Å²) in [6, 6.07) is 6.82. The number of ether oxygens (including phenoxy) is 1. The highest BCUT2D eigenvalue weighted by Gasteiger charge is 2.48. The molecule has 1 aliphatic heterocycles. The van der Waals surface area contributed by atoms with E-state index < -0.39 is 47.2 Å². The molecule has 1 unspecified atom stereocenters. The summed E-state index contributed by atoms with van der Waals surface area (Å²) in [6.45, 7) is 9.33. The lowest BCUT2D eigenvalue weighted by Crippen LogP contribution is -2.60. The van der Waals surface area contributed by atoms with Crippen LogP contribution >= 0.6 is 0 Å². The summed E-state index contributed by atoms with van der Waals surface area (Å²) in [6.07, 6.45) is 2.04. The minimum absolute atomic E-state index is 0.0379. The molecule has 1 heterocycles. The first-order chi connectivity index (χ1) is 17.7. The monoisotopic (exact) mass is 530 g/mol. The summed E-state index contributed by atoms with van der Waals surface area (Å²) in [5.74, 6) is -0.847. The highest BCUT2D eigenvalue weighted by molar-refractivity contribution is 5.93. The van der Waals surface area contributed by atoms with Gasteiger partial charge in [-0.25, -0.2) is 4.79 Å². The Hall–Kier alpha value is -3.63. The molecule has 1 saturated heterocycles. The number of alkyl carbamates (subject to hydrolysis) is 1. The van der Waals surface area contributed by atoms with Gasteiger partial charge in [-0.2, -0.15) is 0 Å². The van der Waals surface area contributed by atoms with Crippen LogP contribution in [0, 0.1) is 0 Å². The fraction of sp³-hybridized carbons (Fsp3) is 0.593. The quantitative estimate of drug-likeness (QED) is 0.146. The second kappa shape index (κ2) is 13.3. The molecule has 11 nitrogen and oxygen atoms in total. The fourth-order valence-corrected chi connectivity index (χ4v) is 4.50. The summed E-state index contributed by atoms with van der Waals surface area (Å²) in [5, 5.41) is 5.47. The number of amides is 3. The van der Waals surface area contributed by atoms with E-state index in [1.165, 1.54) is 4.90 Å². The second-order valence-corrected chi connectivity index (χ2v) is 11.2. The van der Waals surface area contributed by atoms with Gasteiger partial charge in [0.05, 0.1) is 6.04 Å². The largest absolute Gasteiger partial charge is 0.444 e. The first kappa shape index (κ1) is 30.6. The third-order valence-corrected chi connectivity index (χ3v) is 6.26. The predicted octanol–water partition coefficient (Wildman–Crippen LogP) is 1.63. The third-order valence-electron chi connectivity index (χ3n) is 6.26. The van der Waals surface area contributed by atoms with Crippen molar-refractivity contribution in [1.82, 2.24) is 15.5 Å². The summed E-state index contributed by atoms with van der Waals surface area (Å²) in [4.78, 5) is 57.0. The second-order valence-electron chi connectivity index (χ2n) is 11.2. The van der Waals surface area contributed by atoms with Crippen molar-refractivity contribution in [1.29, 1.82) is 0 Å². The molecule has 1 aliphatic rings. The molecule has 1 fully saturated rings. The van der Waals surface area contributed by atoms with Gasteiger partial charge in [-0.3, -0.25) is 14.6 Å². The van der Waals surface area contributed by atoms with E-state index in [0.29, 0.717) is 38.5 Å². The molecule has 2 rings (SSSR count). The van der Waals surface area contributed by atoms with Gasteiger partial charge in [0.25, 0.3) is 0 Å². The number of rotatable bonds is 11. The first-order valence-corrected chi connectivity index (χ1v) is 12.9. The van der Waals surface area contributed by atoms with Crippen molar-refractivity contribution in [2.24, 2.45) is 16.5 Å². The maximum Gasteiger partial charge on any atom is 0.408 e. The molecule has 6 N–H and O–H groups in total. The van der Waals surface area contributed by atoms with Gasteiger partial charge < -0.3 is 36.5 Å². The van der Waals surface area contributed by atoms with Gasteiger partial charge >= 0.3 is 6.09 Å². The van der Waals surface area contributed by atoms with E-state index in [4.69, 9.17) is 16.2 Å². The molecule has 210 valence electrons. The van der Waals surface area contributed by atoms with Crippen LogP contribution in [0.25, 0.3) is 0 Å². The van der Waals surface area contributed by atoms with Gasteiger partial charge in [-0.05, 0) is 65.9 Å². The Labute approximate surface area is 224 Å². The smallest absolute Gasteiger partial charge is 0.408 e. The number of benzene rings is 1. The molecule has 11 heteroatoms. The van der Waals surface area contributed by atoms with Gasteiger partial charge in [-0.15, -0.1) is 0 Å². The Morgan fingerprint density at radius 3 is 2.42 bits per heavy atom. The number of aliphatic imine (C=N–C) groups is 1. The average molecular weight is 531 g/mol. The Balaban J connectivity index is 2.23. The van der Waals surface area contributed by atoms with Crippen LogP contribution in [-0.2, 0) is 25.5 Å². The van der Waals surface area contributed by atoms with Crippen molar-refractivity contribution >= 4 is 30.2 Å². The number of carbonyl (C=O) groups is 4. The molecule has 38 heavy (non-hydrogen) atoms. The summed E-state index contributed by atoms with van der Waals surface area (Å²) >= 11 is 0. The van der Waals surface area contributed by atoms with Crippen molar-refractivity contribution in [3.8, 4) is 0 Å². The lowest BCUT2D eigenvalue weighted by atomic mass is 9.99. The van der Waals surface area contributed by atoms with Crippen molar-refractivity contribution < 1.29 is 23.9 Å². The van der Waals surface area contributed by atoms with Crippen LogP contribution in [-0.4, -0.2) is 70.9 Å². The van der Waals surface area contributed by atoms with Gasteiger partial charge in [0.2, 0.25) is 11.8 Å². The number of carbonyl (C=O) groups excluding carboxylic acids is 4. The van der Waals surface area contributed by atoms with Crippen LogP contribution in [0.4, 0.5) is 4.79 Å². The van der Waals surface area contributed by atoms with Crippen LogP contribution in [0.1, 0.15) is 65.9 Å². The average Bonchev–Trinajstić information content (AvgIpc) is 3.14. The molecule has 0 saturated carbocycles. The molecule has 0 aromatic heterocycles. The minimum Gasteiger partial charge on any atom is -0.444 e. The number of guanidine groups is 1. The van der Waals surface area contributed by atoms with E-state index in [1.54, 1.807) is 20.8 Å². The molecule has 1 aromatic rings. The van der Waals surface area contributed by atoms with Crippen LogP contribution in [0.2, 0.25) is 0 Å². The standard InChI is InChI=1S/C27H42N6O5/c1-26(2,3)38-25(37)32-20(16-18-10-7-6-8-11-18)23(36)33-21(13-14-27(33,4)5)22(35)31-19(17-34)12-9-15-30-24(28)29/h6-8,10-11,17,19-21H,9,12-16H2,1-5H3,(H,31,35)(H,32,37)(H4,28,29,30)/t19-,20-,21?/m0/s1. The van der Waals surface area contributed by atoms with Gasteiger partial charge in [0.15, 0.2) is 5.96 Å². The molecule has 3 amide bonds. The Morgan fingerprint density at radius 2 is 1.84 bits per heavy atom. The predicted molar refractivity (Wildman–Crippen MR) is 145 cm³/mol. The lowest BCUT2D eigenvalue weighted by molar-refractivity contribution is -0.145. The molecule has 0 bridgehead atoms. The maximum absolute atomic E-state index is 14.0. The van der Waals surface area contributed by atoms with Crippen molar-refractivity contribution in [2.45, 2.75) is 96.0 Å². The van der Waals surface area contributed by atoms with E-state index >= 15 is 0 Å². The number of likely N-dealkylation sites (tertiary alicyclic amines) is 1. The zero-order chi connectivity index (χ0) is 28.5. The van der Waals surface area contributed by atoms with Crippen molar-refractivity contribution in [2.75, 3.05) is 6.54 Å². The van der Waals surface area contributed by atoms with Crippen LogP contribution < -0.4 is 22.1 Å². The fourth-order valence-electron chi connectivity index (χ4n) is 4.50. The van der Waals surface area contributed by atoms with Gasteiger partial charge in [-0.1, -0.05) is 30.3 Å². The van der Waals surface area contributed by atoms with Crippen LogP contribution in [0.15, 0.2) is 35.3 Å². The summed E-state index contributed by atoms with van der Waals surface area (Å²) in [7, 11) is 0. The van der Waals surface area contributed by atoms with E-state index in [9.17, 15) is 19.2 Å². The Bertz CT molecular complexity index is 1000. The van der Waals surface area contributed by atoms with Crippen molar-refractivity contribution in [3.05, 3.63) is 35.9 Å². The minimum atomic E-state index is -0.957. The maximum atomic E-state index is 14.0. The number of nitrogens with one attached hydrogen (secondary N) is 2. The molecule has 1 aromatic carbocycles. The topological polar surface area (TPSA) is 169 Å². The van der Waals surface area contributed by atoms with Gasteiger partial charge in [0, 0.05) is 18.5 Å².